The first kappa shape index (κ1) is 17.1. The van der Waals surface area contributed by atoms with Gasteiger partial charge in [0.2, 0.25) is 0 Å². The molecule has 1 fully saturated rings. The Balaban J connectivity index is 2.08. The van der Waals surface area contributed by atoms with Crippen LogP contribution in [0.25, 0.3) is 4.85 Å². The number of phenols is 1. The van der Waals surface area contributed by atoms with Crippen molar-refractivity contribution in [1.29, 1.82) is 0 Å². The van der Waals surface area contributed by atoms with Gasteiger partial charge in [0.1, 0.15) is 0 Å². The van der Waals surface area contributed by atoms with Gasteiger partial charge in [0.15, 0.2) is 11.5 Å². The Kier molecular flexibility index (Phi) is 5.45. The number of esters is 1. The van der Waals surface area contributed by atoms with E-state index in [1.54, 1.807) is 19.1 Å². The molecule has 0 saturated carbocycles. The van der Waals surface area contributed by atoms with Crippen LogP contribution in [-0.2, 0) is 15.1 Å². The third-order valence-electron chi connectivity index (χ3n) is 4.27. The van der Waals surface area contributed by atoms with Crippen LogP contribution in [-0.4, -0.2) is 49.3 Å². The minimum atomic E-state index is -0.658. The van der Waals surface area contributed by atoms with Gasteiger partial charge in [-0.3, -0.25) is 9.69 Å². The van der Waals surface area contributed by atoms with Crippen LogP contribution in [0.1, 0.15) is 25.3 Å². The van der Waals surface area contributed by atoms with Crippen LogP contribution in [0.4, 0.5) is 0 Å². The minimum absolute atomic E-state index is 0.0435. The van der Waals surface area contributed by atoms with Crippen molar-refractivity contribution in [2.75, 3.05) is 33.4 Å². The third kappa shape index (κ3) is 3.74. The maximum atomic E-state index is 11.6. The number of benzene rings is 1. The molecule has 124 valence electrons. The molecule has 1 aromatic carbocycles. The van der Waals surface area contributed by atoms with Gasteiger partial charge in [0.25, 0.3) is 5.54 Å². The zero-order valence-corrected chi connectivity index (χ0v) is 13.5. The number of hydrogen-bond donors (Lipinski definition) is 1. The second-order valence-electron chi connectivity index (χ2n) is 5.61. The van der Waals surface area contributed by atoms with Gasteiger partial charge in [-0.2, -0.15) is 0 Å². The number of likely N-dealkylation sites (tertiary alicyclic amines) is 1. The predicted octanol–water partition coefficient (Wildman–Crippen LogP) is 2.17. The summed E-state index contributed by atoms with van der Waals surface area (Å²) in [5.74, 6) is 0.209. The smallest absolute Gasteiger partial charge is 0.320 e. The number of carbonyl (C=O) groups is 1. The van der Waals surface area contributed by atoms with Crippen molar-refractivity contribution in [3.63, 3.8) is 0 Å². The van der Waals surface area contributed by atoms with Gasteiger partial charge in [0, 0.05) is 31.5 Å². The number of methoxy groups -OCH3 is 1. The molecule has 0 spiro atoms. The molecule has 0 unspecified atom stereocenters. The zero-order chi connectivity index (χ0) is 16.9. The molecule has 0 aliphatic carbocycles. The Morgan fingerprint density at radius 2 is 2.13 bits per heavy atom. The summed E-state index contributed by atoms with van der Waals surface area (Å²) < 4.78 is 10.0. The first-order chi connectivity index (χ1) is 11.0. The molecule has 2 rings (SSSR count). The molecule has 6 nitrogen and oxygen atoms in total. The van der Waals surface area contributed by atoms with E-state index in [0.717, 1.165) is 5.56 Å². The van der Waals surface area contributed by atoms with Crippen molar-refractivity contribution in [2.24, 2.45) is 0 Å². The molecule has 1 aliphatic rings. The molecular weight excluding hydrogens is 296 g/mol. The van der Waals surface area contributed by atoms with Crippen molar-refractivity contribution in [2.45, 2.75) is 25.3 Å². The number of carbonyl (C=O) groups excluding carboxylic acids is 1. The topological polar surface area (TPSA) is 63.4 Å². The number of piperidine rings is 1. The highest BCUT2D eigenvalue weighted by Crippen LogP contribution is 2.40. The van der Waals surface area contributed by atoms with Crippen LogP contribution < -0.4 is 4.74 Å². The fourth-order valence-corrected chi connectivity index (χ4v) is 2.91. The maximum Gasteiger partial charge on any atom is 0.320 e. The van der Waals surface area contributed by atoms with Crippen molar-refractivity contribution in [3.05, 3.63) is 35.2 Å². The summed E-state index contributed by atoms with van der Waals surface area (Å²) in [7, 11) is 1.49. The standard InChI is InChI=1S/C17H22N2O4/c1-4-23-16(21)12-19-9-7-17(18-2,8-10-19)13-5-6-15(22-3)14(20)11-13/h5-6,11,20H,4,7-10,12H2,1,3H3. The summed E-state index contributed by atoms with van der Waals surface area (Å²) >= 11 is 0. The molecule has 1 heterocycles. The lowest BCUT2D eigenvalue weighted by Gasteiger charge is -2.33. The van der Waals surface area contributed by atoms with Gasteiger partial charge in [0.05, 0.1) is 20.3 Å². The minimum Gasteiger partial charge on any atom is -0.504 e. The van der Waals surface area contributed by atoms with E-state index in [1.807, 2.05) is 11.0 Å². The first-order valence-electron chi connectivity index (χ1n) is 7.68. The monoisotopic (exact) mass is 318 g/mol. The summed E-state index contributed by atoms with van der Waals surface area (Å²) in [5, 5.41) is 9.96. The lowest BCUT2D eigenvalue weighted by atomic mass is 9.81. The first-order valence-corrected chi connectivity index (χ1v) is 7.68. The number of hydrogen-bond acceptors (Lipinski definition) is 5. The lowest BCUT2D eigenvalue weighted by Crippen LogP contribution is -2.43. The summed E-state index contributed by atoms with van der Waals surface area (Å²) in [6.45, 7) is 11.3. The fourth-order valence-electron chi connectivity index (χ4n) is 2.91. The molecule has 1 aliphatic heterocycles. The van der Waals surface area contributed by atoms with Crippen molar-refractivity contribution in [1.82, 2.24) is 4.90 Å². The summed E-state index contributed by atoms with van der Waals surface area (Å²) in [6, 6.07) is 5.12. The number of ether oxygens (including phenoxy) is 2. The molecule has 23 heavy (non-hydrogen) atoms. The highest BCUT2D eigenvalue weighted by molar-refractivity contribution is 5.71. The van der Waals surface area contributed by atoms with Crippen LogP contribution in [0.5, 0.6) is 11.5 Å². The molecule has 6 heteroatoms. The second-order valence-corrected chi connectivity index (χ2v) is 5.61. The Morgan fingerprint density at radius 1 is 1.43 bits per heavy atom. The van der Waals surface area contributed by atoms with Gasteiger partial charge < -0.3 is 19.4 Å². The second kappa shape index (κ2) is 7.34. The van der Waals surface area contributed by atoms with E-state index in [1.165, 1.54) is 7.11 Å². The Bertz CT molecular complexity index is 601. The Hall–Kier alpha value is -2.26. The molecule has 0 aromatic heterocycles. The SMILES string of the molecule is [C-]#[N+]C1(c2ccc(OC)c(O)c2)CCN(CC(=O)OCC)CC1. The summed E-state index contributed by atoms with van der Waals surface area (Å²) in [5.41, 5.74) is 0.135. The molecule has 0 atom stereocenters. The van der Waals surface area contributed by atoms with Crippen molar-refractivity contribution in [3.8, 4) is 11.5 Å². The number of nitrogens with zero attached hydrogens (tertiary/aromatic N) is 2. The molecule has 0 radical (unpaired) electrons. The highest BCUT2D eigenvalue weighted by atomic mass is 16.5. The summed E-state index contributed by atoms with van der Waals surface area (Å²) in [4.78, 5) is 17.4. The van der Waals surface area contributed by atoms with E-state index in [0.29, 0.717) is 38.3 Å². The van der Waals surface area contributed by atoms with Gasteiger partial charge in [-0.25, -0.2) is 6.57 Å². The van der Waals surface area contributed by atoms with E-state index in [9.17, 15) is 9.90 Å². The van der Waals surface area contributed by atoms with Gasteiger partial charge in [-0.05, 0) is 25.1 Å². The van der Waals surface area contributed by atoms with Crippen LogP contribution in [0.2, 0.25) is 0 Å². The molecular formula is C17H22N2O4. The molecule has 1 aromatic rings. The van der Waals surface area contributed by atoms with E-state index in [-0.39, 0.29) is 18.3 Å². The Labute approximate surface area is 136 Å². The molecule has 0 bridgehead atoms. The average Bonchev–Trinajstić information content (AvgIpc) is 2.56. The van der Waals surface area contributed by atoms with E-state index in [4.69, 9.17) is 16.0 Å². The van der Waals surface area contributed by atoms with Gasteiger partial charge >= 0.3 is 5.97 Å². The average molecular weight is 318 g/mol. The molecule has 0 amide bonds. The quantitative estimate of drug-likeness (QED) is 0.666. The number of aromatic hydroxyl groups is 1. The lowest BCUT2D eigenvalue weighted by molar-refractivity contribution is -0.144. The summed E-state index contributed by atoms with van der Waals surface area (Å²) in [6.07, 6.45) is 1.23. The van der Waals surface area contributed by atoms with Crippen LogP contribution in [0.15, 0.2) is 18.2 Å². The van der Waals surface area contributed by atoms with Gasteiger partial charge in [-0.1, -0.05) is 0 Å². The maximum absolute atomic E-state index is 11.6. The van der Waals surface area contributed by atoms with Crippen molar-refractivity contribution >= 4 is 5.97 Å². The largest absolute Gasteiger partial charge is 0.504 e. The van der Waals surface area contributed by atoms with E-state index >= 15 is 0 Å². The number of phenolic OH excluding ortho intramolecular Hbond substituents is 1. The van der Waals surface area contributed by atoms with Crippen molar-refractivity contribution < 1.29 is 19.4 Å². The highest BCUT2D eigenvalue weighted by Gasteiger charge is 2.43. The molecule has 1 N–H and O–H groups in total. The normalized spacial score (nSPS) is 17.3. The predicted molar refractivity (Wildman–Crippen MR) is 85.2 cm³/mol. The third-order valence-corrected chi connectivity index (χ3v) is 4.27. The molecule has 1 saturated heterocycles. The van der Waals surface area contributed by atoms with Crippen LogP contribution >= 0.6 is 0 Å². The van der Waals surface area contributed by atoms with E-state index < -0.39 is 5.54 Å². The van der Waals surface area contributed by atoms with Gasteiger partial charge in [-0.15, -0.1) is 0 Å². The Morgan fingerprint density at radius 3 is 2.65 bits per heavy atom. The fraction of sp³-hybridized carbons (Fsp3) is 0.529. The number of rotatable bonds is 5. The zero-order valence-electron chi connectivity index (χ0n) is 13.5. The van der Waals surface area contributed by atoms with E-state index in [2.05, 4.69) is 4.85 Å². The van der Waals surface area contributed by atoms with Crippen LogP contribution in [0.3, 0.4) is 0 Å². The van der Waals surface area contributed by atoms with Crippen LogP contribution in [0, 0.1) is 6.57 Å².